The molecule has 42 heavy (non-hydrogen) atoms. The van der Waals surface area contributed by atoms with Crippen molar-refractivity contribution in [1.29, 1.82) is 0 Å². The number of amides is 2. The van der Waals surface area contributed by atoms with Crippen LogP contribution in [0.4, 0.5) is 5.69 Å². The first-order valence-electron chi connectivity index (χ1n) is 13.9. The Balaban J connectivity index is 1.81. The van der Waals surface area contributed by atoms with E-state index in [-0.39, 0.29) is 23.8 Å². The molecule has 0 aliphatic heterocycles. The molecular formula is C34H37N3O4S. The lowest BCUT2D eigenvalue weighted by molar-refractivity contribution is -0.139. The van der Waals surface area contributed by atoms with Crippen LogP contribution in [0.5, 0.6) is 0 Å². The minimum Gasteiger partial charge on any atom is -0.357 e. The SMILES string of the molecule is CNC(=O)[C@H](Cc1ccccc1)N(Cc1ccc(C)cc1)C(=O)CN(c1cc(C)ccc1C)S(=O)(=O)c1ccccc1. The summed E-state index contributed by atoms with van der Waals surface area (Å²) in [6.07, 6.45) is 0.271. The Morgan fingerprint density at radius 2 is 1.36 bits per heavy atom. The molecule has 0 radical (unpaired) electrons. The van der Waals surface area contributed by atoms with Crippen molar-refractivity contribution < 1.29 is 18.0 Å². The Morgan fingerprint density at radius 1 is 0.762 bits per heavy atom. The van der Waals surface area contributed by atoms with Gasteiger partial charge in [-0.15, -0.1) is 0 Å². The molecule has 0 unspecified atom stereocenters. The average Bonchev–Trinajstić information content (AvgIpc) is 3.00. The second-order valence-electron chi connectivity index (χ2n) is 10.4. The molecule has 0 aromatic heterocycles. The second kappa shape index (κ2) is 13.5. The van der Waals surface area contributed by atoms with Crippen molar-refractivity contribution >= 4 is 27.5 Å². The van der Waals surface area contributed by atoms with Crippen LogP contribution in [0.15, 0.2) is 108 Å². The van der Waals surface area contributed by atoms with Crippen LogP contribution in [-0.4, -0.2) is 44.8 Å². The molecule has 2 amide bonds. The van der Waals surface area contributed by atoms with Gasteiger partial charge in [-0.3, -0.25) is 13.9 Å². The van der Waals surface area contributed by atoms with Gasteiger partial charge in [-0.1, -0.05) is 90.5 Å². The maximum absolute atomic E-state index is 14.4. The molecule has 8 heteroatoms. The van der Waals surface area contributed by atoms with Crippen molar-refractivity contribution in [2.75, 3.05) is 17.9 Å². The van der Waals surface area contributed by atoms with Gasteiger partial charge in [0.15, 0.2) is 0 Å². The maximum Gasteiger partial charge on any atom is 0.264 e. The summed E-state index contributed by atoms with van der Waals surface area (Å²) in [6, 6.07) is 30.0. The van der Waals surface area contributed by atoms with Crippen LogP contribution in [0.3, 0.4) is 0 Å². The Bertz CT molecular complexity index is 1620. The standard InChI is InChI=1S/C34H37N3O4S/c1-25-16-19-29(20-17-25)23-36(32(34(39)35-4)22-28-11-7-5-8-12-28)33(38)24-37(31-21-26(2)15-18-27(31)3)42(40,41)30-13-9-6-10-14-30/h5-21,32H,22-24H2,1-4H3,(H,35,39)/t32-/m0/s1. The third kappa shape index (κ3) is 7.25. The zero-order valence-corrected chi connectivity index (χ0v) is 25.3. The third-order valence-corrected chi connectivity index (χ3v) is 9.01. The number of hydrogen-bond donors (Lipinski definition) is 1. The Labute approximate surface area is 248 Å². The number of hydrogen-bond acceptors (Lipinski definition) is 4. The molecule has 7 nitrogen and oxygen atoms in total. The van der Waals surface area contributed by atoms with Gasteiger partial charge in [-0.25, -0.2) is 8.42 Å². The van der Waals surface area contributed by atoms with Gasteiger partial charge in [0.25, 0.3) is 10.0 Å². The van der Waals surface area contributed by atoms with Gasteiger partial charge >= 0.3 is 0 Å². The number of rotatable bonds is 11. The summed E-state index contributed by atoms with van der Waals surface area (Å²) < 4.78 is 29.3. The molecule has 0 spiro atoms. The van der Waals surface area contributed by atoms with E-state index in [1.807, 2.05) is 87.5 Å². The number of aryl methyl sites for hydroxylation is 3. The number of carbonyl (C=O) groups is 2. The van der Waals surface area contributed by atoms with Gasteiger partial charge in [0.1, 0.15) is 12.6 Å². The Hall–Kier alpha value is -4.43. The van der Waals surface area contributed by atoms with E-state index in [0.29, 0.717) is 11.3 Å². The highest BCUT2D eigenvalue weighted by Gasteiger charge is 2.34. The number of benzene rings is 4. The van der Waals surface area contributed by atoms with E-state index in [1.165, 1.54) is 28.4 Å². The molecular weight excluding hydrogens is 546 g/mol. The molecule has 1 N–H and O–H groups in total. The summed E-state index contributed by atoms with van der Waals surface area (Å²) in [7, 11) is -2.59. The van der Waals surface area contributed by atoms with Crippen LogP contribution in [0.2, 0.25) is 0 Å². The van der Waals surface area contributed by atoms with Crippen LogP contribution in [-0.2, 0) is 32.6 Å². The first-order chi connectivity index (χ1) is 20.1. The quantitative estimate of drug-likeness (QED) is 0.263. The monoisotopic (exact) mass is 583 g/mol. The lowest BCUT2D eigenvalue weighted by Crippen LogP contribution is -2.53. The van der Waals surface area contributed by atoms with E-state index < -0.39 is 28.5 Å². The predicted octanol–water partition coefficient (Wildman–Crippen LogP) is 5.19. The number of likely N-dealkylation sites (N-methyl/N-ethyl adjacent to an activating group) is 1. The number of nitrogens with one attached hydrogen (secondary N) is 1. The molecule has 1 atom stereocenters. The smallest absolute Gasteiger partial charge is 0.264 e. The highest BCUT2D eigenvalue weighted by atomic mass is 32.2. The fourth-order valence-corrected chi connectivity index (χ4v) is 6.32. The van der Waals surface area contributed by atoms with Crippen LogP contribution >= 0.6 is 0 Å². The van der Waals surface area contributed by atoms with E-state index >= 15 is 0 Å². The van der Waals surface area contributed by atoms with Gasteiger partial charge in [-0.2, -0.15) is 0 Å². The van der Waals surface area contributed by atoms with Gasteiger partial charge < -0.3 is 10.2 Å². The summed E-state index contributed by atoms with van der Waals surface area (Å²) in [5, 5.41) is 2.71. The van der Waals surface area contributed by atoms with E-state index in [9.17, 15) is 18.0 Å². The van der Waals surface area contributed by atoms with E-state index in [1.54, 1.807) is 24.3 Å². The molecule has 0 aliphatic rings. The number of nitrogens with zero attached hydrogens (tertiary/aromatic N) is 2. The molecule has 4 aromatic rings. The molecule has 4 rings (SSSR count). The largest absolute Gasteiger partial charge is 0.357 e. The maximum atomic E-state index is 14.4. The van der Waals surface area contributed by atoms with Crippen molar-refractivity contribution in [3.8, 4) is 0 Å². The van der Waals surface area contributed by atoms with Crippen LogP contribution in [0, 0.1) is 20.8 Å². The molecule has 0 heterocycles. The zero-order valence-electron chi connectivity index (χ0n) is 24.4. The molecule has 0 saturated heterocycles. The lowest BCUT2D eigenvalue weighted by atomic mass is 10.0. The van der Waals surface area contributed by atoms with Crippen molar-refractivity contribution in [2.45, 2.75) is 44.7 Å². The normalized spacial score (nSPS) is 11.9. The van der Waals surface area contributed by atoms with E-state index in [2.05, 4.69) is 5.32 Å². The second-order valence-corrected chi connectivity index (χ2v) is 12.3. The number of carbonyl (C=O) groups excluding carboxylic acids is 2. The fraction of sp³-hybridized carbons (Fsp3) is 0.235. The van der Waals surface area contributed by atoms with Crippen molar-refractivity contribution in [2.24, 2.45) is 0 Å². The van der Waals surface area contributed by atoms with E-state index in [0.717, 1.165) is 22.3 Å². The first-order valence-corrected chi connectivity index (χ1v) is 15.3. The van der Waals surface area contributed by atoms with Crippen LogP contribution < -0.4 is 9.62 Å². The molecule has 4 aromatic carbocycles. The summed E-state index contributed by atoms with van der Waals surface area (Å²) in [4.78, 5) is 29.3. The predicted molar refractivity (Wildman–Crippen MR) is 167 cm³/mol. The summed E-state index contributed by atoms with van der Waals surface area (Å²) in [6.45, 7) is 5.33. The minimum absolute atomic E-state index is 0.0796. The van der Waals surface area contributed by atoms with Gasteiger partial charge in [-0.05, 0) is 61.2 Å². The molecule has 0 fully saturated rings. The van der Waals surface area contributed by atoms with E-state index in [4.69, 9.17) is 0 Å². The van der Waals surface area contributed by atoms with Crippen LogP contribution in [0.25, 0.3) is 0 Å². The zero-order chi connectivity index (χ0) is 30.3. The highest BCUT2D eigenvalue weighted by molar-refractivity contribution is 7.92. The van der Waals surface area contributed by atoms with Gasteiger partial charge in [0.2, 0.25) is 11.8 Å². The van der Waals surface area contributed by atoms with Crippen molar-refractivity contribution in [3.63, 3.8) is 0 Å². The first kappa shape index (κ1) is 30.5. The van der Waals surface area contributed by atoms with Gasteiger partial charge in [0.05, 0.1) is 10.6 Å². The Morgan fingerprint density at radius 3 is 1.98 bits per heavy atom. The third-order valence-electron chi connectivity index (χ3n) is 7.23. The van der Waals surface area contributed by atoms with Gasteiger partial charge in [0, 0.05) is 20.0 Å². The fourth-order valence-electron chi connectivity index (χ4n) is 4.83. The lowest BCUT2D eigenvalue weighted by Gasteiger charge is -2.34. The topological polar surface area (TPSA) is 86.8 Å². The van der Waals surface area contributed by atoms with Crippen LogP contribution in [0.1, 0.15) is 27.8 Å². The highest BCUT2D eigenvalue weighted by Crippen LogP contribution is 2.28. The summed E-state index contributed by atoms with van der Waals surface area (Å²) in [5.41, 5.74) is 4.78. The molecule has 0 bridgehead atoms. The molecule has 0 aliphatic carbocycles. The molecule has 218 valence electrons. The molecule has 0 saturated carbocycles. The summed E-state index contributed by atoms with van der Waals surface area (Å²) in [5.74, 6) is -0.816. The Kier molecular flexibility index (Phi) is 9.80. The number of anilines is 1. The number of sulfonamides is 1. The minimum atomic E-state index is -4.13. The van der Waals surface area contributed by atoms with Crippen molar-refractivity contribution in [3.05, 3.63) is 131 Å². The average molecular weight is 584 g/mol. The summed E-state index contributed by atoms with van der Waals surface area (Å²) >= 11 is 0. The van der Waals surface area contributed by atoms with Crippen molar-refractivity contribution in [1.82, 2.24) is 10.2 Å².